The molecule has 0 heterocycles. The van der Waals surface area contributed by atoms with Crippen molar-refractivity contribution < 1.29 is 24.9 Å². The van der Waals surface area contributed by atoms with Gasteiger partial charge in [0.1, 0.15) is 11.5 Å². The summed E-state index contributed by atoms with van der Waals surface area (Å²) >= 11 is 0. The van der Waals surface area contributed by atoms with E-state index in [2.05, 4.69) is 5.32 Å². The number of hydrogen-bond donors (Lipinski definition) is 4. The Balaban J connectivity index is 2.64. The molecule has 0 bridgehead atoms. The van der Waals surface area contributed by atoms with Crippen LogP contribution in [-0.2, 0) is 4.79 Å². The lowest BCUT2D eigenvalue weighted by atomic mass is 10.1. The topological polar surface area (TPSA) is 107 Å². The maximum absolute atomic E-state index is 11.7. The van der Waals surface area contributed by atoms with E-state index >= 15 is 0 Å². The summed E-state index contributed by atoms with van der Waals surface area (Å²) in [4.78, 5) is 22.1. The molecule has 6 nitrogen and oxygen atoms in total. The summed E-state index contributed by atoms with van der Waals surface area (Å²) in [5.74, 6) is -1.86. The molecule has 0 fully saturated rings. The fourth-order valence-electron chi connectivity index (χ4n) is 1.42. The van der Waals surface area contributed by atoms with E-state index in [9.17, 15) is 19.8 Å². The van der Waals surface area contributed by atoms with Crippen LogP contribution in [-0.4, -0.2) is 33.2 Å². The molecular formula is C12H15NO5. The van der Waals surface area contributed by atoms with Crippen molar-refractivity contribution in [1.82, 2.24) is 5.32 Å². The van der Waals surface area contributed by atoms with Gasteiger partial charge in [0, 0.05) is 12.5 Å². The summed E-state index contributed by atoms with van der Waals surface area (Å²) in [6.07, 6.45) is 0.244. The molecule has 6 heteroatoms. The number of phenolic OH excluding ortho intramolecular Hbond substituents is 2. The number of carboxylic acids is 1. The van der Waals surface area contributed by atoms with E-state index in [0.717, 1.165) is 6.07 Å². The molecule has 1 amide bonds. The molecule has 0 aliphatic carbocycles. The number of rotatable bonds is 5. The van der Waals surface area contributed by atoms with Gasteiger partial charge in [-0.15, -0.1) is 0 Å². The second-order valence-electron chi connectivity index (χ2n) is 4.01. The predicted molar refractivity (Wildman–Crippen MR) is 63.6 cm³/mol. The van der Waals surface area contributed by atoms with Gasteiger partial charge in [0.25, 0.3) is 5.91 Å². The van der Waals surface area contributed by atoms with Crippen molar-refractivity contribution >= 4 is 11.9 Å². The molecule has 0 aromatic heterocycles. The molecule has 1 aromatic carbocycles. The third-order valence-corrected chi connectivity index (χ3v) is 2.39. The molecule has 1 atom stereocenters. The van der Waals surface area contributed by atoms with Gasteiger partial charge in [-0.05, 0) is 31.5 Å². The van der Waals surface area contributed by atoms with E-state index in [1.54, 1.807) is 6.92 Å². The number of carboxylic acid groups (broad SMARTS) is 1. The number of nitrogens with one attached hydrogen (secondary N) is 1. The zero-order valence-corrected chi connectivity index (χ0v) is 9.88. The van der Waals surface area contributed by atoms with E-state index in [-0.39, 0.29) is 29.5 Å². The highest BCUT2D eigenvalue weighted by Gasteiger charge is 2.15. The highest BCUT2D eigenvalue weighted by atomic mass is 16.4. The SMILES string of the molecule is CC(CCC(=O)O)NC(=O)c1cc(O)ccc1O. The van der Waals surface area contributed by atoms with Crippen molar-refractivity contribution in [3.05, 3.63) is 23.8 Å². The zero-order chi connectivity index (χ0) is 13.7. The molecule has 0 saturated heterocycles. The fraction of sp³-hybridized carbons (Fsp3) is 0.333. The highest BCUT2D eigenvalue weighted by molar-refractivity contribution is 5.97. The second-order valence-corrected chi connectivity index (χ2v) is 4.01. The molecule has 1 aromatic rings. The largest absolute Gasteiger partial charge is 0.508 e. The number of carbonyl (C=O) groups is 2. The molecule has 0 aliphatic heterocycles. The van der Waals surface area contributed by atoms with Crippen LogP contribution in [0.15, 0.2) is 18.2 Å². The van der Waals surface area contributed by atoms with Crippen LogP contribution in [0.4, 0.5) is 0 Å². The Morgan fingerprint density at radius 3 is 2.61 bits per heavy atom. The number of benzene rings is 1. The van der Waals surface area contributed by atoms with Gasteiger partial charge in [0.2, 0.25) is 0 Å². The molecule has 1 unspecified atom stereocenters. The van der Waals surface area contributed by atoms with Crippen molar-refractivity contribution in [3.63, 3.8) is 0 Å². The molecule has 0 radical (unpaired) electrons. The number of aromatic hydroxyl groups is 2. The number of carbonyl (C=O) groups excluding carboxylic acids is 1. The lowest BCUT2D eigenvalue weighted by Gasteiger charge is -2.13. The van der Waals surface area contributed by atoms with Crippen LogP contribution in [0.5, 0.6) is 11.5 Å². The van der Waals surface area contributed by atoms with Crippen molar-refractivity contribution in [2.75, 3.05) is 0 Å². The first kappa shape index (κ1) is 13.8. The van der Waals surface area contributed by atoms with Crippen LogP contribution in [0.3, 0.4) is 0 Å². The first-order valence-electron chi connectivity index (χ1n) is 5.44. The van der Waals surface area contributed by atoms with Crippen LogP contribution < -0.4 is 5.32 Å². The third-order valence-electron chi connectivity index (χ3n) is 2.39. The minimum Gasteiger partial charge on any atom is -0.508 e. The molecule has 0 saturated carbocycles. The lowest BCUT2D eigenvalue weighted by Crippen LogP contribution is -2.32. The van der Waals surface area contributed by atoms with Crippen LogP contribution in [0.2, 0.25) is 0 Å². The lowest BCUT2D eigenvalue weighted by molar-refractivity contribution is -0.137. The summed E-state index contributed by atoms with van der Waals surface area (Å²) in [7, 11) is 0. The van der Waals surface area contributed by atoms with Crippen LogP contribution >= 0.6 is 0 Å². The quantitative estimate of drug-likeness (QED) is 0.587. The zero-order valence-electron chi connectivity index (χ0n) is 9.88. The van der Waals surface area contributed by atoms with Gasteiger partial charge in [-0.25, -0.2) is 0 Å². The first-order chi connectivity index (χ1) is 8.40. The standard InChI is InChI=1S/C12H15NO5/c1-7(2-5-11(16)17)13-12(18)9-6-8(14)3-4-10(9)15/h3-4,6-7,14-15H,2,5H2,1H3,(H,13,18)(H,16,17). The molecule has 1 rings (SSSR count). The second kappa shape index (κ2) is 5.90. The summed E-state index contributed by atoms with van der Waals surface area (Å²) < 4.78 is 0. The maximum Gasteiger partial charge on any atom is 0.303 e. The fourth-order valence-corrected chi connectivity index (χ4v) is 1.42. The predicted octanol–water partition coefficient (Wildman–Crippen LogP) is 1.08. The van der Waals surface area contributed by atoms with Crippen LogP contribution in [0.25, 0.3) is 0 Å². The van der Waals surface area contributed by atoms with E-state index < -0.39 is 11.9 Å². The number of amides is 1. The summed E-state index contributed by atoms with van der Waals surface area (Å²) in [6, 6.07) is 3.29. The van der Waals surface area contributed by atoms with E-state index in [4.69, 9.17) is 5.11 Å². The molecule has 0 spiro atoms. The van der Waals surface area contributed by atoms with Crippen molar-refractivity contribution in [3.8, 4) is 11.5 Å². The van der Waals surface area contributed by atoms with Gasteiger partial charge in [-0.1, -0.05) is 0 Å². The monoisotopic (exact) mass is 253 g/mol. The number of hydrogen-bond acceptors (Lipinski definition) is 4. The Morgan fingerprint density at radius 1 is 1.33 bits per heavy atom. The molecular weight excluding hydrogens is 238 g/mol. The smallest absolute Gasteiger partial charge is 0.303 e. The average Bonchev–Trinajstić information content (AvgIpc) is 2.29. The van der Waals surface area contributed by atoms with Gasteiger partial charge in [-0.2, -0.15) is 0 Å². The molecule has 18 heavy (non-hydrogen) atoms. The molecule has 0 aliphatic rings. The number of aliphatic carboxylic acids is 1. The van der Waals surface area contributed by atoms with E-state index in [0.29, 0.717) is 6.42 Å². The minimum absolute atomic E-state index is 0.0443. The van der Waals surface area contributed by atoms with Crippen molar-refractivity contribution in [2.45, 2.75) is 25.8 Å². The molecule has 98 valence electrons. The van der Waals surface area contributed by atoms with Gasteiger partial charge in [-0.3, -0.25) is 9.59 Å². The summed E-state index contributed by atoms with van der Waals surface area (Å²) in [5.41, 5.74) is -0.0443. The Labute approximate surface area is 104 Å². The van der Waals surface area contributed by atoms with E-state index in [1.807, 2.05) is 0 Å². The Morgan fingerprint density at radius 2 is 2.00 bits per heavy atom. The van der Waals surface area contributed by atoms with Gasteiger partial charge in [0.05, 0.1) is 5.56 Å². The average molecular weight is 253 g/mol. The maximum atomic E-state index is 11.7. The first-order valence-corrected chi connectivity index (χ1v) is 5.44. The highest BCUT2D eigenvalue weighted by Crippen LogP contribution is 2.21. The van der Waals surface area contributed by atoms with Crippen LogP contribution in [0, 0.1) is 0 Å². The Kier molecular flexibility index (Phi) is 4.53. The number of phenols is 2. The van der Waals surface area contributed by atoms with E-state index in [1.165, 1.54) is 12.1 Å². The third kappa shape index (κ3) is 3.97. The summed E-state index contributed by atoms with van der Waals surface area (Å²) in [6.45, 7) is 1.67. The van der Waals surface area contributed by atoms with Crippen molar-refractivity contribution in [1.29, 1.82) is 0 Å². The minimum atomic E-state index is -0.934. The molecule has 4 N–H and O–H groups in total. The Bertz CT molecular complexity index is 458. The van der Waals surface area contributed by atoms with Gasteiger partial charge >= 0.3 is 5.97 Å². The van der Waals surface area contributed by atoms with Crippen molar-refractivity contribution in [2.24, 2.45) is 0 Å². The Hall–Kier alpha value is -2.24. The van der Waals surface area contributed by atoms with Crippen LogP contribution in [0.1, 0.15) is 30.1 Å². The van der Waals surface area contributed by atoms with Gasteiger partial charge < -0.3 is 20.6 Å². The normalized spacial score (nSPS) is 11.8. The van der Waals surface area contributed by atoms with Gasteiger partial charge in [0.15, 0.2) is 0 Å². The summed E-state index contributed by atoms with van der Waals surface area (Å²) in [5, 5.41) is 29.8.